The molecule has 2 atom stereocenters. The zero-order valence-corrected chi connectivity index (χ0v) is 20.7. The third-order valence-electron chi connectivity index (χ3n) is 5.36. The average Bonchev–Trinajstić information content (AvgIpc) is 2.86. The number of ether oxygens (including phenoxy) is 4. The molecule has 0 saturated heterocycles. The van der Waals surface area contributed by atoms with Crippen LogP contribution in [0.15, 0.2) is 24.3 Å². The van der Waals surface area contributed by atoms with Crippen molar-refractivity contribution in [3.8, 4) is 11.5 Å². The van der Waals surface area contributed by atoms with E-state index in [0.717, 1.165) is 51.4 Å². The van der Waals surface area contributed by atoms with Gasteiger partial charge >= 0.3 is 11.9 Å². The predicted molar refractivity (Wildman–Crippen MR) is 129 cm³/mol. The number of carbonyl (C=O) groups is 2. The van der Waals surface area contributed by atoms with E-state index >= 15 is 0 Å². The van der Waals surface area contributed by atoms with Gasteiger partial charge in [-0.15, -0.1) is 0 Å². The number of carbonyl (C=O) groups excluding carboxylic acids is 2. The van der Waals surface area contributed by atoms with Crippen LogP contribution >= 0.6 is 0 Å². The topological polar surface area (TPSA) is 112 Å². The van der Waals surface area contributed by atoms with Crippen molar-refractivity contribution in [2.45, 2.75) is 89.8 Å². The maximum absolute atomic E-state index is 11.8. The molecule has 2 N–H and O–H groups in total. The van der Waals surface area contributed by atoms with Gasteiger partial charge in [0.25, 0.3) is 0 Å². The van der Waals surface area contributed by atoms with Crippen molar-refractivity contribution in [1.82, 2.24) is 0 Å². The molecule has 0 fully saturated rings. The van der Waals surface area contributed by atoms with Gasteiger partial charge in [-0.1, -0.05) is 45.4 Å². The Morgan fingerprint density at radius 3 is 1.62 bits per heavy atom. The maximum Gasteiger partial charge on any atom is 0.305 e. The summed E-state index contributed by atoms with van der Waals surface area (Å²) >= 11 is 0. The maximum atomic E-state index is 11.8. The molecular weight excluding hydrogens is 440 g/mol. The molecule has 1 aromatic carbocycles. The van der Waals surface area contributed by atoms with Gasteiger partial charge < -0.3 is 29.2 Å². The van der Waals surface area contributed by atoms with Gasteiger partial charge in [0.05, 0.1) is 13.2 Å². The van der Waals surface area contributed by atoms with Crippen LogP contribution in [0.3, 0.4) is 0 Å². The van der Waals surface area contributed by atoms with Gasteiger partial charge in [-0.2, -0.15) is 0 Å². The Balaban J connectivity index is 2.00. The number of methoxy groups -OCH3 is 1. The first kappa shape index (κ1) is 29.7. The lowest BCUT2D eigenvalue weighted by Crippen LogP contribution is -2.25. The molecule has 0 heterocycles. The molecule has 8 nitrogen and oxygen atoms in total. The van der Waals surface area contributed by atoms with E-state index in [9.17, 15) is 19.8 Å². The van der Waals surface area contributed by atoms with Gasteiger partial charge in [-0.3, -0.25) is 9.59 Å². The normalized spacial score (nSPS) is 12.6. The SMILES string of the molecule is CC[C@H](O)COc1ccc(OC[C@@H](O)COC(=O)CCCCCCCCCCC(=O)OC)cc1. The molecule has 1 rings (SSSR count). The summed E-state index contributed by atoms with van der Waals surface area (Å²) in [5.74, 6) is 0.743. The molecule has 0 spiro atoms. The Labute approximate surface area is 203 Å². The number of hydrogen-bond donors (Lipinski definition) is 2. The standard InChI is InChI=1S/C26H42O8/c1-3-21(27)18-32-23-14-16-24(17-15-23)33-19-22(28)20-34-26(30)13-11-9-7-5-4-6-8-10-12-25(29)31-2/h14-17,21-22,27-28H,3-13,18-20H2,1-2H3/t21-,22+/m0/s1. The summed E-state index contributed by atoms with van der Waals surface area (Å²) in [5, 5.41) is 19.5. The van der Waals surface area contributed by atoms with Crippen LogP contribution in [0.25, 0.3) is 0 Å². The van der Waals surface area contributed by atoms with Crippen LogP contribution in [0, 0.1) is 0 Å². The summed E-state index contributed by atoms with van der Waals surface area (Å²) < 4.78 is 20.7. The molecule has 34 heavy (non-hydrogen) atoms. The molecule has 0 unspecified atom stereocenters. The molecule has 0 saturated carbocycles. The van der Waals surface area contributed by atoms with E-state index in [4.69, 9.17) is 14.2 Å². The van der Waals surface area contributed by atoms with Crippen LogP contribution in [0.1, 0.15) is 77.6 Å². The minimum atomic E-state index is -0.904. The predicted octanol–water partition coefficient (Wildman–Crippen LogP) is 4.19. The Hall–Kier alpha value is -2.32. The van der Waals surface area contributed by atoms with E-state index in [2.05, 4.69) is 4.74 Å². The number of esters is 2. The first-order valence-corrected chi connectivity index (χ1v) is 12.4. The van der Waals surface area contributed by atoms with Crippen molar-refractivity contribution in [1.29, 1.82) is 0 Å². The highest BCUT2D eigenvalue weighted by Crippen LogP contribution is 2.18. The molecule has 1 aromatic rings. The highest BCUT2D eigenvalue weighted by molar-refractivity contribution is 5.69. The third-order valence-corrected chi connectivity index (χ3v) is 5.36. The first-order chi connectivity index (χ1) is 16.4. The second-order valence-corrected chi connectivity index (χ2v) is 8.40. The summed E-state index contributed by atoms with van der Waals surface area (Å²) in [5.41, 5.74) is 0. The number of rotatable bonds is 20. The van der Waals surface area contributed by atoms with E-state index in [0.29, 0.717) is 30.8 Å². The van der Waals surface area contributed by atoms with Gasteiger partial charge in [0.2, 0.25) is 0 Å². The quantitative estimate of drug-likeness (QED) is 0.210. The highest BCUT2D eigenvalue weighted by atomic mass is 16.5. The number of aliphatic hydroxyl groups excluding tert-OH is 2. The summed E-state index contributed by atoms with van der Waals surface area (Å²) in [7, 11) is 1.41. The minimum Gasteiger partial charge on any atom is -0.491 e. The molecule has 8 heteroatoms. The molecule has 0 aliphatic heterocycles. The Morgan fingerprint density at radius 2 is 1.15 bits per heavy atom. The number of hydrogen-bond acceptors (Lipinski definition) is 8. The Morgan fingerprint density at radius 1 is 0.706 bits per heavy atom. The van der Waals surface area contributed by atoms with Crippen molar-refractivity contribution in [2.75, 3.05) is 26.9 Å². The van der Waals surface area contributed by atoms with Crippen molar-refractivity contribution >= 4 is 11.9 Å². The lowest BCUT2D eigenvalue weighted by Gasteiger charge is -2.14. The smallest absolute Gasteiger partial charge is 0.305 e. The molecule has 0 aromatic heterocycles. The molecule has 0 aliphatic rings. The fourth-order valence-electron chi connectivity index (χ4n) is 3.15. The summed E-state index contributed by atoms with van der Waals surface area (Å²) in [6.07, 6.45) is 8.18. The van der Waals surface area contributed by atoms with Gasteiger partial charge in [-0.25, -0.2) is 0 Å². The Bertz CT molecular complexity index is 661. The van der Waals surface area contributed by atoms with Gasteiger partial charge in [0, 0.05) is 12.8 Å². The van der Waals surface area contributed by atoms with Gasteiger partial charge in [-0.05, 0) is 43.5 Å². The molecular formula is C26H42O8. The summed E-state index contributed by atoms with van der Waals surface area (Å²) in [6, 6.07) is 6.90. The zero-order chi connectivity index (χ0) is 25.0. The van der Waals surface area contributed by atoms with E-state index < -0.39 is 12.2 Å². The molecule has 0 amide bonds. The second-order valence-electron chi connectivity index (χ2n) is 8.40. The van der Waals surface area contributed by atoms with E-state index in [1.807, 2.05) is 6.92 Å². The van der Waals surface area contributed by atoms with Crippen molar-refractivity contribution < 1.29 is 38.7 Å². The number of unbranched alkanes of at least 4 members (excludes halogenated alkanes) is 7. The zero-order valence-electron chi connectivity index (χ0n) is 20.7. The fourth-order valence-corrected chi connectivity index (χ4v) is 3.15. The number of benzene rings is 1. The lowest BCUT2D eigenvalue weighted by atomic mass is 10.1. The van der Waals surface area contributed by atoms with Crippen molar-refractivity contribution in [3.63, 3.8) is 0 Å². The van der Waals surface area contributed by atoms with Crippen LogP contribution in [-0.2, 0) is 19.1 Å². The van der Waals surface area contributed by atoms with Crippen LogP contribution in [-0.4, -0.2) is 61.3 Å². The summed E-state index contributed by atoms with van der Waals surface area (Å²) in [6.45, 7) is 2.04. The number of aliphatic hydroxyl groups is 2. The van der Waals surface area contributed by atoms with Crippen LogP contribution in [0.5, 0.6) is 11.5 Å². The van der Waals surface area contributed by atoms with E-state index in [1.54, 1.807) is 24.3 Å². The van der Waals surface area contributed by atoms with Crippen molar-refractivity contribution in [3.05, 3.63) is 24.3 Å². The second kappa shape index (κ2) is 19.0. The Kier molecular flexibility index (Phi) is 16.6. The molecule has 0 bridgehead atoms. The average molecular weight is 483 g/mol. The van der Waals surface area contributed by atoms with Crippen LogP contribution < -0.4 is 9.47 Å². The summed E-state index contributed by atoms with van der Waals surface area (Å²) in [4.78, 5) is 22.8. The molecule has 0 radical (unpaired) electrons. The minimum absolute atomic E-state index is 0.0155. The highest BCUT2D eigenvalue weighted by Gasteiger charge is 2.10. The first-order valence-electron chi connectivity index (χ1n) is 12.4. The van der Waals surface area contributed by atoms with Gasteiger partial charge in [0.15, 0.2) is 0 Å². The lowest BCUT2D eigenvalue weighted by molar-refractivity contribution is -0.147. The van der Waals surface area contributed by atoms with E-state index in [1.165, 1.54) is 7.11 Å². The monoisotopic (exact) mass is 482 g/mol. The van der Waals surface area contributed by atoms with Crippen LogP contribution in [0.4, 0.5) is 0 Å². The molecule has 0 aliphatic carbocycles. The van der Waals surface area contributed by atoms with Crippen molar-refractivity contribution in [2.24, 2.45) is 0 Å². The third kappa shape index (κ3) is 15.5. The molecule has 194 valence electrons. The van der Waals surface area contributed by atoms with Crippen LogP contribution in [0.2, 0.25) is 0 Å². The largest absolute Gasteiger partial charge is 0.491 e. The van der Waals surface area contributed by atoms with E-state index in [-0.39, 0.29) is 31.8 Å². The van der Waals surface area contributed by atoms with Gasteiger partial charge in [0.1, 0.15) is 37.4 Å². The fraction of sp³-hybridized carbons (Fsp3) is 0.692.